The zero-order valence-corrected chi connectivity index (χ0v) is 27.2. The molecule has 0 aliphatic heterocycles. The number of carbonyl (C=O) groups excluding carboxylic acids is 1. The van der Waals surface area contributed by atoms with E-state index in [1.54, 1.807) is 20.8 Å². The normalized spacial score (nSPS) is 14.8. The van der Waals surface area contributed by atoms with Crippen molar-refractivity contribution in [3.63, 3.8) is 0 Å². The molecule has 2 aromatic carbocycles. The SMILES string of the molecule is C=CC(O)[C@H](NC(=O)OC(C)(C)C)[C@@H](CC#C[Si](C)(C)C)O[Si](c1ccccc1)(c1ccccc1)C(C)(C)C. The molecule has 5 nitrogen and oxygen atoms in total. The fourth-order valence-corrected chi connectivity index (χ4v) is 9.90. The molecule has 0 spiro atoms. The lowest BCUT2D eigenvalue weighted by Gasteiger charge is -2.46. The molecule has 0 aliphatic rings. The molecule has 3 atom stereocenters. The van der Waals surface area contributed by atoms with Crippen LogP contribution in [0.2, 0.25) is 24.7 Å². The van der Waals surface area contributed by atoms with Crippen LogP contribution in [0.5, 0.6) is 0 Å². The van der Waals surface area contributed by atoms with E-state index in [1.807, 2.05) is 36.4 Å². The number of carbonyl (C=O) groups is 1. The Morgan fingerprint density at radius 2 is 1.46 bits per heavy atom. The first-order valence-corrected chi connectivity index (χ1v) is 19.0. The average molecular weight is 566 g/mol. The number of amides is 1. The molecule has 0 fully saturated rings. The van der Waals surface area contributed by atoms with Crippen LogP contribution in [0.15, 0.2) is 73.3 Å². The number of aliphatic hydroxyl groups is 1. The molecule has 2 rings (SSSR count). The summed E-state index contributed by atoms with van der Waals surface area (Å²) < 4.78 is 12.9. The molecule has 2 aromatic rings. The van der Waals surface area contributed by atoms with Gasteiger partial charge in [-0.1, -0.05) is 107 Å². The van der Waals surface area contributed by atoms with Crippen molar-refractivity contribution >= 4 is 32.9 Å². The van der Waals surface area contributed by atoms with Crippen molar-refractivity contribution in [2.24, 2.45) is 0 Å². The minimum atomic E-state index is -3.02. The van der Waals surface area contributed by atoms with E-state index in [-0.39, 0.29) is 5.04 Å². The lowest BCUT2D eigenvalue weighted by atomic mass is 10.0. The van der Waals surface area contributed by atoms with Crippen molar-refractivity contribution in [2.45, 2.75) is 96.5 Å². The predicted octanol–water partition coefficient (Wildman–Crippen LogP) is 5.64. The van der Waals surface area contributed by atoms with E-state index in [0.717, 1.165) is 10.4 Å². The third-order valence-corrected chi connectivity index (χ3v) is 12.2. The van der Waals surface area contributed by atoms with Crippen molar-refractivity contribution in [1.29, 1.82) is 0 Å². The van der Waals surface area contributed by atoms with E-state index in [1.165, 1.54) is 6.08 Å². The quantitative estimate of drug-likeness (QED) is 0.235. The van der Waals surface area contributed by atoms with Gasteiger partial charge in [-0.05, 0) is 36.2 Å². The number of hydrogen-bond acceptors (Lipinski definition) is 4. The highest BCUT2D eigenvalue weighted by molar-refractivity contribution is 6.99. The highest BCUT2D eigenvalue weighted by Crippen LogP contribution is 2.38. The molecule has 39 heavy (non-hydrogen) atoms. The monoisotopic (exact) mass is 565 g/mol. The van der Waals surface area contributed by atoms with Gasteiger partial charge in [0, 0.05) is 6.42 Å². The maximum Gasteiger partial charge on any atom is 0.408 e. The van der Waals surface area contributed by atoms with E-state index in [4.69, 9.17) is 9.16 Å². The molecule has 1 amide bonds. The first-order chi connectivity index (χ1) is 18.0. The standard InChI is InChI=1S/C32H47NO4Si2/c1-11-27(34)29(33-30(35)36-31(2,3)4)28(23-18-24-38(8,9)10)37-39(32(5,6)7,25-19-14-12-15-20-25)26-21-16-13-17-22-26/h11-17,19-22,27-29,34H,1,23H2,2-10H3,(H,33,35)/t27?,28-,29+/m1/s1. The first kappa shape index (κ1) is 32.6. The van der Waals surface area contributed by atoms with Gasteiger partial charge >= 0.3 is 6.09 Å². The highest BCUT2D eigenvalue weighted by atomic mass is 28.4. The van der Waals surface area contributed by atoms with E-state index < -0.39 is 46.3 Å². The van der Waals surface area contributed by atoms with Gasteiger partial charge in [0.05, 0.1) is 18.2 Å². The van der Waals surface area contributed by atoms with E-state index >= 15 is 0 Å². The molecule has 0 saturated heterocycles. The predicted molar refractivity (Wildman–Crippen MR) is 168 cm³/mol. The van der Waals surface area contributed by atoms with Crippen molar-refractivity contribution in [3.8, 4) is 11.5 Å². The van der Waals surface area contributed by atoms with Crippen molar-refractivity contribution in [1.82, 2.24) is 5.32 Å². The number of hydrogen-bond donors (Lipinski definition) is 2. The smallest absolute Gasteiger partial charge is 0.408 e. The second-order valence-electron chi connectivity index (χ2n) is 13.0. The van der Waals surface area contributed by atoms with Crippen LogP contribution in [0.4, 0.5) is 4.79 Å². The van der Waals surface area contributed by atoms with E-state index in [2.05, 4.69) is 88.0 Å². The van der Waals surface area contributed by atoms with Gasteiger partial charge in [0.1, 0.15) is 13.7 Å². The van der Waals surface area contributed by atoms with Crippen LogP contribution in [-0.4, -0.2) is 51.4 Å². The fourth-order valence-electron chi connectivity index (χ4n) is 4.57. The molecule has 0 heterocycles. The van der Waals surface area contributed by atoms with Crippen molar-refractivity contribution in [2.75, 3.05) is 0 Å². The molecular weight excluding hydrogens is 519 g/mol. The van der Waals surface area contributed by atoms with Crippen LogP contribution in [0, 0.1) is 11.5 Å². The average Bonchev–Trinajstić information content (AvgIpc) is 2.83. The summed E-state index contributed by atoms with van der Waals surface area (Å²) >= 11 is 0. The lowest BCUT2D eigenvalue weighted by molar-refractivity contribution is 0.0297. The Morgan fingerprint density at radius 1 is 0.974 bits per heavy atom. The molecular formula is C32H47NO4Si2. The molecule has 0 radical (unpaired) electrons. The third kappa shape index (κ3) is 9.21. The number of alkyl carbamates (subject to hydrolysis) is 1. The van der Waals surface area contributed by atoms with Crippen LogP contribution >= 0.6 is 0 Å². The topological polar surface area (TPSA) is 67.8 Å². The number of aliphatic hydroxyl groups excluding tert-OH is 1. The molecule has 1 unspecified atom stereocenters. The van der Waals surface area contributed by atoms with Crippen LogP contribution in [0.25, 0.3) is 0 Å². The summed E-state index contributed by atoms with van der Waals surface area (Å²) in [5.41, 5.74) is 2.74. The zero-order chi connectivity index (χ0) is 29.5. The molecule has 212 valence electrons. The van der Waals surface area contributed by atoms with Crippen LogP contribution in [-0.2, 0) is 9.16 Å². The van der Waals surface area contributed by atoms with Gasteiger partial charge in [0.25, 0.3) is 8.32 Å². The number of benzene rings is 2. The Kier molecular flexibility index (Phi) is 11.0. The van der Waals surface area contributed by atoms with Crippen LogP contribution < -0.4 is 15.7 Å². The number of rotatable bonds is 9. The van der Waals surface area contributed by atoms with Crippen molar-refractivity contribution < 1.29 is 19.1 Å². The fraction of sp³-hybridized carbons (Fsp3) is 0.469. The summed E-state index contributed by atoms with van der Waals surface area (Å²) in [4.78, 5) is 13.0. The Labute approximate surface area is 238 Å². The maximum atomic E-state index is 13.0. The Hall–Kier alpha value is -2.64. The molecule has 0 aromatic heterocycles. The Bertz CT molecular complexity index is 1100. The molecule has 0 bridgehead atoms. The molecule has 0 saturated carbocycles. The Balaban J connectivity index is 2.76. The molecule has 0 aliphatic carbocycles. The van der Waals surface area contributed by atoms with E-state index in [0.29, 0.717) is 6.42 Å². The van der Waals surface area contributed by atoms with E-state index in [9.17, 15) is 9.90 Å². The summed E-state index contributed by atoms with van der Waals surface area (Å²) in [5, 5.41) is 16.0. The van der Waals surface area contributed by atoms with Gasteiger partial charge in [-0.2, -0.15) is 0 Å². The van der Waals surface area contributed by atoms with Gasteiger partial charge in [0.2, 0.25) is 0 Å². The highest BCUT2D eigenvalue weighted by Gasteiger charge is 2.52. The summed E-state index contributed by atoms with van der Waals surface area (Å²) in [6, 6.07) is 19.8. The largest absolute Gasteiger partial charge is 0.444 e. The zero-order valence-electron chi connectivity index (χ0n) is 25.2. The van der Waals surface area contributed by atoms with Gasteiger partial charge in [-0.15, -0.1) is 18.0 Å². The minimum Gasteiger partial charge on any atom is -0.444 e. The lowest BCUT2D eigenvalue weighted by Crippen LogP contribution is -2.69. The van der Waals surface area contributed by atoms with Crippen molar-refractivity contribution in [3.05, 3.63) is 73.3 Å². The third-order valence-electron chi connectivity index (χ3n) is 6.20. The maximum absolute atomic E-state index is 13.0. The molecule has 2 N–H and O–H groups in total. The Morgan fingerprint density at radius 3 is 1.85 bits per heavy atom. The summed E-state index contributed by atoms with van der Waals surface area (Å²) in [7, 11) is -4.70. The van der Waals surface area contributed by atoms with Gasteiger partial charge in [0.15, 0.2) is 0 Å². The molecule has 7 heteroatoms. The van der Waals surface area contributed by atoms with Crippen LogP contribution in [0.3, 0.4) is 0 Å². The summed E-state index contributed by atoms with van der Waals surface area (Å²) in [5.74, 6) is 3.35. The number of ether oxygens (including phenoxy) is 1. The minimum absolute atomic E-state index is 0.296. The summed E-state index contributed by atoms with van der Waals surface area (Å²) in [6.45, 7) is 22.4. The number of nitrogens with one attached hydrogen (secondary N) is 1. The second kappa shape index (κ2) is 13.1. The van der Waals surface area contributed by atoms with Gasteiger partial charge in [-0.25, -0.2) is 4.79 Å². The second-order valence-corrected chi connectivity index (χ2v) is 22.0. The van der Waals surface area contributed by atoms with Crippen LogP contribution in [0.1, 0.15) is 48.0 Å². The summed E-state index contributed by atoms with van der Waals surface area (Å²) in [6.07, 6.45) is -0.576. The van der Waals surface area contributed by atoms with Gasteiger partial charge < -0.3 is 19.6 Å². The van der Waals surface area contributed by atoms with Gasteiger partial charge in [-0.3, -0.25) is 0 Å². The first-order valence-electron chi connectivity index (χ1n) is 13.6.